The number of carbonyl (C=O) groups excluding carboxylic acids is 2. The zero-order chi connectivity index (χ0) is 26.1. The summed E-state index contributed by atoms with van der Waals surface area (Å²) in [5.41, 5.74) is 12.0. The monoisotopic (exact) mass is 613 g/mol. The largest absolute Gasteiger partial charge is 0.416 e. The van der Waals surface area contributed by atoms with Crippen LogP contribution in [0, 0.1) is 0 Å². The molecule has 3 rings (SSSR count). The second kappa shape index (κ2) is 17.6. The molecule has 39 heavy (non-hydrogen) atoms. The third-order valence-electron chi connectivity index (χ3n) is 6.49. The van der Waals surface area contributed by atoms with Gasteiger partial charge in [0.2, 0.25) is 11.8 Å². The van der Waals surface area contributed by atoms with Crippen LogP contribution in [0.3, 0.4) is 0 Å². The van der Waals surface area contributed by atoms with Crippen LogP contribution in [0.2, 0.25) is 0 Å². The fraction of sp³-hybridized carbons (Fsp3) is 0.462. The van der Waals surface area contributed by atoms with E-state index in [9.17, 15) is 22.8 Å². The van der Waals surface area contributed by atoms with Crippen LogP contribution in [0.5, 0.6) is 0 Å². The van der Waals surface area contributed by atoms with Gasteiger partial charge in [-0.05, 0) is 62.4 Å². The number of nitrogens with zero attached hydrogens (tertiary/aromatic N) is 1. The summed E-state index contributed by atoms with van der Waals surface area (Å²) in [7, 11) is 0. The molecule has 0 bridgehead atoms. The molecule has 2 aromatic carbocycles. The van der Waals surface area contributed by atoms with Crippen LogP contribution in [0.15, 0.2) is 54.6 Å². The number of carbonyl (C=O) groups is 2. The number of benzene rings is 2. The number of alkyl halides is 3. The van der Waals surface area contributed by atoms with E-state index in [0.29, 0.717) is 25.9 Å². The van der Waals surface area contributed by atoms with E-state index in [2.05, 4.69) is 15.5 Å². The Bertz CT molecular complexity index is 1020. The Balaban J connectivity index is 0.00000481. The van der Waals surface area contributed by atoms with Gasteiger partial charge in [0.15, 0.2) is 0 Å². The van der Waals surface area contributed by atoms with Gasteiger partial charge in [-0.3, -0.25) is 14.5 Å². The van der Waals surface area contributed by atoms with Crippen LogP contribution in [-0.2, 0) is 22.2 Å². The molecule has 3 atom stereocenters. The minimum atomic E-state index is -4.54. The number of rotatable bonds is 11. The number of likely N-dealkylation sites (tertiary alicyclic amines) is 1. The summed E-state index contributed by atoms with van der Waals surface area (Å²) in [6.45, 7) is 2.09. The van der Waals surface area contributed by atoms with E-state index in [1.165, 1.54) is 12.1 Å². The minimum Gasteiger partial charge on any atom is -0.343 e. The van der Waals surface area contributed by atoms with E-state index in [0.717, 1.165) is 37.1 Å². The van der Waals surface area contributed by atoms with Gasteiger partial charge >= 0.3 is 6.18 Å². The first kappa shape index (κ1) is 36.9. The molecule has 6 N–H and O–H groups in total. The lowest BCUT2D eigenvalue weighted by Gasteiger charge is -2.25. The summed E-state index contributed by atoms with van der Waals surface area (Å²) < 4.78 is 39.2. The molecule has 1 fully saturated rings. The molecule has 13 heteroatoms. The van der Waals surface area contributed by atoms with Crippen molar-refractivity contribution in [2.45, 2.75) is 56.4 Å². The highest BCUT2D eigenvalue weighted by Gasteiger charge is 2.31. The molecule has 0 spiro atoms. The maximum atomic E-state index is 13.1. The Morgan fingerprint density at radius 1 is 1.00 bits per heavy atom. The lowest BCUT2D eigenvalue weighted by atomic mass is 10.0. The van der Waals surface area contributed by atoms with E-state index < -0.39 is 35.6 Å². The third kappa shape index (κ3) is 11.5. The SMILES string of the molecule is Cl.Cl.Cl.NC[C@@H]1CCCN1CC[C@H](N)C(=O)N[C@@H](CCc1ccccc1)C(=O)Nc1cccc(C(F)(F)F)c1. The Kier molecular flexibility index (Phi) is 16.6. The average molecular weight is 615 g/mol. The van der Waals surface area contributed by atoms with Gasteiger partial charge in [0, 0.05) is 24.8 Å². The number of amides is 2. The van der Waals surface area contributed by atoms with Gasteiger partial charge < -0.3 is 22.1 Å². The number of nitrogens with one attached hydrogen (secondary N) is 2. The quantitative estimate of drug-likeness (QED) is 0.304. The van der Waals surface area contributed by atoms with Gasteiger partial charge in [-0.15, -0.1) is 37.2 Å². The van der Waals surface area contributed by atoms with Gasteiger partial charge in [-0.1, -0.05) is 36.4 Å². The van der Waals surface area contributed by atoms with E-state index >= 15 is 0 Å². The lowest BCUT2D eigenvalue weighted by Crippen LogP contribution is -2.51. The predicted octanol–water partition coefficient (Wildman–Crippen LogP) is 4.17. The van der Waals surface area contributed by atoms with E-state index in [1.807, 2.05) is 30.3 Å². The average Bonchev–Trinajstić information content (AvgIpc) is 3.32. The van der Waals surface area contributed by atoms with Gasteiger partial charge in [0.05, 0.1) is 11.6 Å². The molecule has 1 aliphatic heterocycles. The van der Waals surface area contributed by atoms with Gasteiger partial charge in [0.1, 0.15) is 6.04 Å². The smallest absolute Gasteiger partial charge is 0.343 e. The fourth-order valence-corrected chi connectivity index (χ4v) is 4.40. The van der Waals surface area contributed by atoms with Crippen molar-refractivity contribution in [2.75, 3.05) is 25.0 Å². The summed E-state index contributed by atoms with van der Waals surface area (Å²) in [4.78, 5) is 28.1. The molecule has 2 aromatic rings. The van der Waals surface area contributed by atoms with Crippen LogP contribution in [0.1, 0.15) is 36.8 Å². The third-order valence-corrected chi connectivity index (χ3v) is 6.49. The highest BCUT2D eigenvalue weighted by molar-refractivity contribution is 5.97. The number of halogens is 6. The lowest BCUT2D eigenvalue weighted by molar-refractivity contribution is -0.137. The maximum Gasteiger partial charge on any atom is 0.416 e. The van der Waals surface area contributed by atoms with Gasteiger partial charge in [-0.2, -0.15) is 13.2 Å². The van der Waals surface area contributed by atoms with Crippen molar-refractivity contribution < 1.29 is 22.8 Å². The van der Waals surface area contributed by atoms with Crippen LogP contribution in [0.25, 0.3) is 0 Å². The van der Waals surface area contributed by atoms with Crippen LogP contribution < -0.4 is 22.1 Å². The molecule has 0 unspecified atom stereocenters. The van der Waals surface area contributed by atoms with Crippen molar-refractivity contribution in [1.82, 2.24) is 10.2 Å². The molecule has 2 amide bonds. The van der Waals surface area contributed by atoms with Crippen molar-refractivity contribution >= 4 is 54.7 Å². The van der Waals surface area contributed by atoms with Gasteiger partial charge in [-0.25, -0.2) is 0 Å². The predicted molar refractivity (Wildman–Crippen MR) is 155 cm³/mol. The zero-order valence-corrected chi connectivity index (χ0v) is 23.8. The molecule has 220 valence electrons. The first-order chi connectivity index (χ1) is 17.2. The number of anilines is 1. The molecular weight excluding hydrogens is 578 g/mol. The van der Waals surface area contributed by atoms with E-state index in [4.69, 9.17) is 11.5 Å². The summed E-state index contributed by atoms with van der Waals surface area (Å²) >= 11 is 0. The van der Waals surface area contributed by atoms with Crippen LogP contribution in [0.4, 0.5) is 18.9 Å². The minimum absolute atomic E-state index is 0. The molecule has 0 saturated carbocycles. The van der Waals surface area contributed by atoms with Crippen molar-refractivity contribution in [3.63, 3.8) is 0 Å². The van der Waals surface area contributed by atoms with Crippen molar-refractivity contribution in [3.05, 3.63) is 65.7 Å². The summed E-state index contributed by atoms with van der Waals surface area (Å²) in [5.74, 6) is -1.08. The molecular formula is C26H37Cl3F3N5O2. The number of aryl methyl sites for hydroxylation is 1. The van der Waals surface area contributed by atoms with Crippen LogP contribution in [-0.4, -0.2) is 54.5 Å². The van der Waals surface area contributed by atoms with E-state index in [1.54, 1.807) is 0 Å². The standard InChI is InChI=1S/C26H34F3N5O2.3ClH/c27-26(28,29)19-8-4-9-20(16-19)32-25(36)23(12-11-18-6-2-1-3-7-18)33-24(35)22(31)13-15-34-14-5-10-21(34)17-30;;;/h1-4,6-9,16,21-23H,5,10-15,17,30-31H2,(H,32,36)(H,33,35);3*1H/t21-,22-,23-;;;/m0.../s1. The highest BCUT2D eigenvalue weighted by Crippen LogP contribution is 2.30. The normalized spacial score (nSPS) is 16.6. The maximum absolute atomic E-state index is 13.1. The molecule has 0 aliphatic carbocycles. The van der Waals surface area contributed by atoms with Gasteiger partial charge in [0.25, 0.3) is 0 Å². The number of hydrogen-bond acceptors (Lipinski definition) is 5. The highest BCUT2D eigenvalue weighted by atomic mass is 35.5. The second-order valence-corrected chi connectivity index (χ2v) is 9.12. The molecule has 7 nitrogen and oxygen atoms in total. The van der Waals surface area contributed by atoms with Crippen LogP contribution >= 0.6 is 37.2 Å². The Labute approximate surface area is 245 Å². The summed E-state index contributed by atoms with van der Waals surface area (Å²) in [6, 6.07) is 12.3. The van der Waals surface area contributed by atoms with Crippen molar-refractivity contribution in [3.8, 4) is 0 Å². The van der Waals surface area contributed by atoms with E-state index in [-0.39, 0.29) is 55.4 Å². The molecule has 1 heterocycles. The topological polar surface area (TPSA) is 113 Å². The Morgan fingerprint density at radius 2 is 1.69 bits per heavy atom. The molecule has 1 aliphatic rings. The molecule has 0 aromatic heterocycles. The fourth-order valence-electron chi connectivity index (χ4n) is 4.40. The number of hydrogen-bond donors (Lipinski definition) is 4. The number of nitrogens with two attached hydrogens (primary N) is 2. The zero-order valence-electron chi connectivity index (χ0n) is 21.4. The Hall–Kier alpha value is -2.08. The van der Waals surface area contributed by atoms with Crippen molar-refractivity contribution in [2.24, 2.45) is 11.5 Å². The Morgan fingerprint density at radius 3 is 2.33 bits per heavy atom. The molecule has 0 radical (unpaired) electrons. The summed E-state index contributed by atoms with van der Waals surface area (Å²) in [6.07, 6.45) is -1.30. The van der Waals surface area contributed by atoms with Crippen molar-refractivity contribution in [1.29, 1.82) is 0 Å². The second-order valence-electron chi connectivity index (χ2n) is 9.12. The first-order valence-electron chi connectivity index (χ1n) is 12.2. The first-order valence-corrected chi connectivity index (χ1v) is 12.2. The summed E-state index contributed by atoms with van der Waals surface area (Å²) in [5, 5.41) is 5.22. The molecule has 1 saturated heterocycles.